The topological polar surface area (TPSA) is 119 Å². The van der Waals surface area contributed by atoms with Crippen molar-refractivity contribution >= 4 is 38.4 Å². The second-order valence-corrected chi connectivity index (χ2v) is 9.30. The number of rotatable bonds is 3. The average Bonchev–Trinajstić information content (AvgIpc) is 3.41. The van der Waals surface area contributed by atoms with Crippen molar-refractivity contribution in [3.63, 3.8) is 0 Å². The van der Waals surface area contributed by atoms with Crippen molar-refractivity contribution in [2.24, 2.45) is 5.41 Å². The van der Waals surface area contributed by atoms with E-state index in [2.05, 4.69) is 15.0 Å². The molecule has 8 nitrogen and oxygen atoms in total. The van der Waals surface area contributed by atoms with Gasteiger partial charge in [0.15, 0.2) is 0 Å². The lowest BCUT2D eigenvalue weighted by Gasteiger charge is -2.47. The Hall–Kier alpha value is -2.75. The Morgan fingerprint density at radius 2 is 2.00 bits per heavy atom. The van der Waals surface area contributed by atoms with Crippen LogP contribution in [0.5, 0.6) is 5.75 Å². The molecule has 0 saturated heterocycles. The van der Waals surface area contributed by atoms with Gasteiger partial charge in [0, 0.05) is 17.7 Å². The standard InChI is InChI=1S/C21H21N5O3S/c22-19-13-3-4-26(20(13)24-9-23-19)15-8-21(18(28)17(15)27)6-12(7-21)29-11-1-2-16-14(5-11)25-10-30-16/h1-5,9-10,12,15,17-18,27-28H,6-8H2,(H2,22,23,24)/t12?,15-,17+,18+,21?/m1/s1. The Kier molecular flexibility index (Phi) is 3.83. The highest BCUT2D eigenvalue weighted by Crippen LogP contribution is 2.57. The van der Waals surface area contributed by atoms with E-state index >= 15 is 0 Å². The predicted molar refractivity (Wildman–Crippen MR) is 113 cm³/mol. The van der Waals surface area contributed by atoms with Crippen molar-refractivity contribution in [2.75, 3.05) is 5.73 Å². The van der Waals surface area contributed by atoms with Gasteiger partial charge in [-0.3, -0.25) is 0 Å². The van der Waals surface area contributed by atoms with Gasteiger partial charge >= 0.3 is 0 Å². The maximum atomic E-state index is 10.9. The number of aliphatic hydroxyl groups excluding tert-OH is 2. The predicted octanol–water partition coefficient (Wildman–Crippen LogP) is 2.52. The molecule has 3 atom stereocenters. The van der Waals surface area contributed by atoms with Crippen LogP contribution in [-0.4, -0.2) is 48.0 Å². The quantitative estimate of drug-likeness (QED) is 0.463. The first kappa shape index (κ1) is 18.1. The van der Waals surface area contributed by atoms with Crippen LogP contribution in [0.1, 0.15) is 25.3 Å². The number of hydrogen-bond donors (Lipinski definition) is 3. The fourth-order valence-electron chi connectivity index (χ4n) is 5.19. The second-order valence-electron chi connectivity index (χ2n) is 8.42. The molecular formula is C21H21N5O3S. The van der Waals surface area contributed by atoms with Crippen LogP contribution in [-0.2, 0) is 0 Å². The highest BCUT2D eigenvalue weighted by Gasteiger charge is 2.60. The maximum Gasteiger partial charge on any atom is 0.145 e. The minimum absolute atomic E-state index is 0.0149. The van der Waals surface area contributed by atoms with E-state index < -0.39 is 12.2 Å². The molecule has 2 aliphatic rings. The maximum absolute atomic E-state index is 10.9. The van der Waals surface area contributed by atoms with Crippen LogP contribution in [0.4, 0.5) is 5.82 Å². The Bertz CT molecular complexity index is 1250. The third-order valence-electron chi connectivity index (χ3n) is 6.73. The van der Waals surface area contributed by atoms with E-state index in [0.717, 1.165) is 21.4 Å². The van der Waals surface area contributed by atoms with Crippen molar-refractivity contribution in [1.82, 2.24) is 19.5 Å². The van der Waals surface area contributed by atoms with Gasteiger partial charge < -0.3 is 25.3 Å². The minimum atomic E-state index is -0.871. The van der Waals surface area contributed by atoms with Gasteiger partial charge in [-0.25, -0.2) is 15.0 Å². The van der Waals surface area contributed by atoms with Crippen molar-refractivity contribution in [3.8, 4) is 5.75 Å². The molecule has 154 valence electrons. The first-order valence-electron chi connectivity index (χ1n) is 9.97. The molecule has 0 aliphatic heterocycles. The van der Waals surface area contributed by atoms with Crippen LogP contribution in [0.25, 0.3) is 21.3 Å². The van der Waals surface area contributed by atoms with Gasteiger partial charge in [-0.05, 0) is 37.5 Å². The molecule has 6 rings (SSSR count). The van der Waals surface area contributed by atoms with E-state index in [9.17, 15) is 10.2 Å². The number of nitrogens with two attached hydrogens (primary N) is 1. The summed E-state index contributed by atoms with van der Waals surface area (Å²) in [5.41, 5.74) is 9.03. The molecule has 2 aliphatic carbocycles. The van der Waals surface area contributed by atoms with Crippen molar-refractivity contribution in [1.29, 1.82) is 0 Å². The molecule has 0 radical (unpaired) electrons. The molecule has 4 aromatic rings. The number of fused-ring (bicyclic) bond motifs is 2. The van der Waals surface area contributed by atoms with E-state index in [1.807, 2.05) is 40.5 Å². The van der Waals surface area contributed by atoms with Crippen LogP contribution < -0.4 is 10.5 Å². The summed E-state index contributed by atoms with van der Waals surface area (Å²) in [5.74, 6) is 1.21. The number of aliphatic hydroxyl groups is 2. The highest BCUT2D eigenvalue weighted by molar-refractivity contribution is 7.16. The Morgan fingerprint density at radius 3 is 2.87 bits per heavy atom. The second kappa shape index (κ2) is 6.37. The molecule has 0 bridgehead atoms. The summed E-state index contributed by atoms with van der Waals surface area (Å²) in [6.45, 7) is 0. The summed E-state index contributed by atoms with van der Waals surface area (Å²) >= 11 is 1.60. The zero-order valence-corrected chi connectivity index (χ0v) is 16.9. The third-order valence-corrected chi connectivity index (χ3v) is 7.54. The molecule has 2 saturated carbocycles. The number of thiazole rings is 1. The van der Waals surface area contributed by atoms with Crippen molar-refractivity contribution < 1.29 is 14.9 Å². The largest absolute Gasteiger partial charge is 0.490 e. The Balaban J connectivity index is 1.21. The lowest BCUT2D eigenvalue weighted by Crippen LogP contribution is -2.50. The molecule has 3 heterocycles. The third kappa shape index (κ3) is 2.55. The molecule has 1 aromatic carbocycles. The molecule has 4 N–H and O–H groups in total. The van der Waals surface area contributed by atoms with E-state index in [4.69, 9.17) is 10.5 Å². The number of benzene rings is 1. The number of aromatic nitrogens is 4. The van der Waals surface area contributed by atoms with Gasteiger partial charge in [0.1, 0.15) is 29.6 Å². The zero-order valence-electron chi connectivity index (χ0n) is 16.0. The first-order valence-corrected chi connectivity index (χ1v) is 10.9. The van der Waals surface area contributed by atoms with Crippen molar-refractivity contribution in [3.05, 3.63) is 42.3 Å². The summed E-state index contributed by atoms with van der Waals surface area (Å²) in [6, 6.07) is 7.53. The summed E-state index contributed by atoms with van der Waals surface area (Å²) in [7, 11) is 0. The van der Waals surface area contributed by atoms with Crippen LogP contribution in [0.3, 0.4) is 0 Å². The zero-order chi connectivity index (χ0) is 20.5. The van der Waals surface area contributed by atoms with E-state index in [0.29, 0.717) is 30.7 Å². The van der Waals surface area contributed by atoms with Crippen LogP contribution in [0.2, 0.25) is 0 Å². The molecule has 3 aromatic heterocycles. The van der Waals surface area contributed by atoms with Gasteiger partial charge in [0.05, 0.1) is 39.4 Å². The monoisotopic (exact) mass is 423 g/mol. The average molecular weight is 423 g/mol. The van der Waals surface area contributed by atoms with Crippen LogP contribution in [0.15, 0.2) is 42.3 Å². The molecule has 0 unspecified atom stereocenters. The minimum Gasteiger partial charge on any atom is -0.490 e. The van der Waals surface area contributed by atoms with E-state index in [1.54, 1.807) is 11.3 Å². The lowest BCUT2D eigenvalue weighted by molar-refractivity contribution is -0.105. The molecule has 9 heteroatoms. The van der Waals surface area contributed by atoms with E-state index in [-0.39, 0.29) is 17.6 Å². The molecule has 1 spiro atoms. The SMILES string of the molecule is Nc1ncnc2c1ccn2[C@@H]1CC2(CC(Oc3ccc4scnc4c3)C2)[C@@H](O)[C@H]1O. The normalized spacial score (nSPS) is 30.9. The first-order chi connectivity index (χ1) is 14.5. The Morgan fingerprint density at radius 1 is 1.13 bits per heavy atom. The number of nitrogen functional groups attached to an aromatic ring is 1. The summed E-state index contributed by atoms with van der Waals surface area (Å²) in [6.07, 6.45) is 3.69. The number of nitrogens with zero attached hydrogens (tertiary/aromatic N) is 4. The van der Waals surface area contributed by atoms with Gasteiger partial charge in [0.25, 0.3) is 0 Å². The van der Waals surface area contributed by atoms with Crippen LogP contribution in [0, 0.1) is 5.41 Å². The summed E-state index contributed by atoms with van der Waals surface area (Å²) in [4.78, 5) is 12.7. The van der Waals surface area contributed by atoms with Gasteiger partial charge in [-0.1, -0.05) is 0 Å². The van der Waals surface area contributed by atoms with Gasteiger partial charge in [-0.2, -0.15) is 0 Å². The molecule has 0 amide bonds. The van der Waals surface area contributed by atoms with Crippen molar-refractivity contribution in [2.45, 2.75) is 43.6 Å². The van der Waals surface area contributed by atoms with Crippen LogP contribution >= 0.6 is 11.3 Å². The molecule has 30 heavy (non-hydrogen) atoms. The summed E-state index contributed by atoms with van der Waals surface area (Å²) < 4.78 is 9.19. The number of hydrogen-bond acceptors (Lipinski definition) is 8. The molecule has 2 fully saturated rings. The van der Waals surface area contributed by atoms with Gasteiger partial charge in [0.2, 0.25) is 0 Å². The van der Waals surface area contributed by atoms with E-state index in [1.165, 1.54) is 6.33 Å². The fourth-order valence-corrected chi connectivity index (χ4v) is 5.85. The number of anilines is 1. The molecular weight excluding hydrogens is 402 g/mol. The highest BCUT2D eigenvalue weighted by atomic mass is 32.1. The summed E-state index contributed by atoms with van der Waals surface area (Å²) in [5, 5.41) is 22.5. The van der Waals surface area contributed by atoms with Gasteiger partial charge in [-0.15, -0.1) is 11.3 Å². The fraction of sp³-hybridized carbons (Fsp3) is 0.381. The smallest absolute Gasteiger partial charge is 0.145 e. The lowest BCUT2D eigenvalue weighted by atomic mass is 9.64. The number of ether oxygens (including phenoxy) is 1. The Labute approximate surface area is 176 Å².